The fraction of sp³-hybridized carbons (Fsp3) is 0.294. The summed E-state index contributed by atoms with van der Waals surface area (Å²) >= 11 is 1.46. The quantitative estimate of drug-likeness (QED) is 0.753. The van der Waals surface area contributed by atoms with Crippen molar-refractivity contribution >= 4 is 28.2 Å². The third kappa shape index (κ3) is 5.40. The summed E-state index contributed by atoms with van der Waals surface area (Å²) in [4.78, 5) is 17.3. The summed E-state index contributed by atoms with van der Waals surface area (Å²) in [6.07, 6.45) is 1.09. The van der Waals surface area contributed by atoms with Crippen LogP contribution in [0.1, 0.15) is 37.1 Å². The second kappa shape index (κ2) is 7.77. The molecule has 1 aromatic heterocycles. The number of benzene rings is 1. The van der Waals surface area contributed by atoms with Crippen molar-refractivity contribution in [2.45, 2.75) is 32.8 Å². The Hall–Kier alpha value is -2.36. The number of amides is 2. The van der Waals surface area contributed by atoms with Gasteiger partial charge in [-0.05, 0) is 31.0 Å². The van der Waals surface area contributed by atoms with Gasteiger partial charge in [0.25, 0.3) is 0 Å². The van der Waals surface area contributed by atoms with Crippen LogP contribution in [-0.2, 0) is 0 Å². The molecule has 2 amide bonds. The Morgan fingerprint density at radius 3 is 2.74 bits per heavy atom. The van der Waals surface area contributed by atoms with Gasteiger partial charge in [-0.15, -0.1) is 11.3 Å². The lowest BCUT2D eigenvalue weighted by molar-refractivity contribution is 0.253. The van der Waals surface area contributed by atoms with Gasteiger partial charge in [-0.3, -0.25) is 5.32 Å². The SMILES string of the molecule is CC(O)C#Cc1cccc(NC(=O)Nc2ncc(C(C)C)s2)c1. The zero-order valence-corrected chi connectivity index (χ0v) is 14.1. The van der Waals surface area contributed by atoms with Gasteiger partial charge in [0.05, 0.1) is 0 Å². The second-order valence-corrected chi connectivity index (χ2v) is 6.39. The highest BCUT2D eigenvalue weighted by atomic mass is 32.1. The molecule has 0 saturated carbocycles. The van der Waals surface area contributed by atoms with E-state index in [1.54, 1.807) is 31.3 Å². The van der Waals surface area contributed by atoms with Crippen molar-refractivity contribution in [2.24, 2.45) is 0 Å². The van der Waals surface area contributed by atoms with Crippen molar-refractivity contribution in [3.63, 3.8) is 0 Å². The van der Waals surface area contributed by atoms with E-state index in [0.717, 1.165) is 10.4 Å². The molecule has 0 aliphatic carbocycles. The number of thiazole rings is 1. The van der Waals surface area contributed by atoms with Crippen LogP contribution >= 0.6 is 11.3 Å². The highest BCUT2D eigenvalue weighted by Crippen LogP contribution is 2.25. The maximum absolute atomic E-state index is 12.0. The van der Waals surface area contributed by atoms with Crippen LogP contribution in [-0.4, -0.2) is 22.2 Å². The lowest BCUT2D eigenvalue weighted by Crippen LogP contribution is -2.19. The summed E-state index contributed by atoms with van der Waals surface area (Å²) < 4.78 is 0. The molecule has 1 heterocycles. The maximum atomic E-state index is 12.0. The molecular weight excluding hydrogens is 310 g/mol. The van der Waals surface area contributed by atoms with Crippen LogP contribution in [0, 0.1) is 11.8 Å². The Morgan fingerprint density at radius 1 is 1.30 bits per heavy atom. The third-order valence-electron chi connectivity index (χ3n) is 2.86. The average molecular weight is 329 g/mol. The van der Waals surface area contributed by atoms with Crippen LogP contribution in [0.2, 0.25) is 0 Å². The molecule has 0 saturated heterocycles. The maximum Gasteiger partial charge on any atom is 0.325 e. The molecule has 0 aliphatic heterocycles. The van der Waals surface area contributed by atoms with Crippen LogP contribution in [0.25, 0.3) is 0 Å². The van der Waals surface area contributed by atoms with Gasteiger partial charge in [0.1, 0.15) is 6.10 Å². The molecule has 1 atom stereocenters. The van der Waals surface area contributed by atoms with Crippen molar-refractivity contribution in [3.05, 3.63) is 40.9 Å². The van der Waals surface area contributed by atoms with E-state index in [-0.39, 0.29) is 6.03 Å². The van der Waals surface area contributed by atoms with Crippen molar-refractivity contribution < 1.29 is 9.90 Å². The number of carbonyl (C=O) groups excluding carboxylic acids is 1. The van der Waals surface area contributed by atoms with E-state index in [0.29, 0.717) is 16.7 Å². The molecule has 0 fully saturated rings. The predicted octanol–water partition coefficient (Wildman–Crippen LogP) is 3.64. The van der Waals surface area contributed by atoms with Crippen LogP contribution < -0.4 is 10.6 Å². The molecule has 0 bridgehead atoms. The van der Waals surface area contributed by atoms with Crippen LogP contribution in [0.4, 0.5) is 15.6 Å². The molecule has 0 aliphatic rings. The molecule has 2 aromatic rings. The first-order valence-electron chi connectivity index (χ1n) is 7.27. The lowest BCUT2D eigenvalue weighted by Gasteiger charge is -2.05. The van der Waals surface area contributed by atoms with E-state index in [9.17, 15) is 9.90 Å². The number of aliphatic hydroxyl groups is 1. The zero-order valence-electron chi connectivity index (χ0n) is 13.3. The normalized spacial score (nSPS) is 11.5. The molecule has 23 heavy (non-hydrogen) atoms. The summed E-state index contributed by atoms with van der Waals surface area (Å²) in [6, 6.07) is 6.77. The summed E-state index contributed by atoms with van der Waals surface area (Å²) in [5, 5.41) is 15.2. The van der Waals surface area contributed by atoms with Gasteiger partial charge >= 0.3 is 6.03 Å². The third-order valence-corrected chi connectivity index (χ3v) is 4.07. The highest BCUT2D eigenvalue weighted by Gasteiger charge is 2.09. The Kier molecular flexibility index (Phi) is 5.74. The fourth-order valence-electron chi connectivity index (χ4n) is 1.73. The van der Waals surface area contributed by atoms with Crippen LogP contribution in [0.15, 0.2) is 30.5 Å². The molecule has 1 unspecified atom stereocenters. The number of carbonyl (C=O) groups is 1. The number of nitrogens with zero attached hydrogens (tertiary/aromatic N) is 1. The number of rotatable bonds is 3. The summed E-state index contributed by atoms with van der Waals surface area (Å²) in [6.45, 7) is 5.76. The van der Waals surface area contributed by atoms with Gasteiger partial charge in [0, 0.05) is 22.3 Å². The first-order chi connectivity index (χ1) is 10.9. The Morgan fingerprint density at radius 2 is 2.09 bits per heavy atom. The van der Waals surface area contributed by atoms with Crippen molar-refractivity contribution in [1.82, 2.24) is 4.98 Å². The number of hydrogen-bond donors (Lipinski definition) is 3. The minimum Gasteiger partial charge on any atom is -0.381 e. The van der Waals surface area contributed by atoms with E-state index in [1.165, 1.54) is 11.3 Å². The molecule has 2 rings (SSSR count). The predicted molar refractivity (Wildman–Crippen MR) is 93.8 cm³/mol. The van der Waals surface area contributed by atoms with Crippen molar-refractivity contribution in [3.8, 4) is 11.8 Å². The van der Waals surface area contributed by atoms with Crippen LogP contribution in [0.5, 0.6) is 0 Å². The zero-order chi connectivity index (χ0) is 16.8. The smallest absolute Gasteiger partial charge is 0.325 e. The van der Waals surface area contributed by atoms with Crippen molar-refractivity contribution in [1.29, 1.82) is 0 Å². The fourth-order valence-corrected chi connectivity index (χ4v) is 2.55. The summed E-state index contributed by atoms with van der Waals surface area (Å²) in [5.74, 6) is 5.89. The first-order valence-corrected chi connectivity index (χ1v) is 8.09. The Labute approximate surface area is 139 Å². The number of aliphatic hydroxyl groups excluding tert-OH is 1. The van der Waals surface area contributed by atoms with Gasteiger partial charge in [-0.1, -0.05) is 31.8 Å². The Balaban J connectivity index is 2.00. The van der Waals surface area contributed by atoms with E-state index < -0.39 is 6.10 Å². The molecule has 0 spiro atoms. The standard InChI is InChI=1S/C17H19N3O2S/c1-11(2)15-10-18-17(23-15)20-16(22)19-14-6-4-5-13(9-14)8-7-12(3)21/h4-6,9-12,21H,1-3H3,(H2,18,19,20,22). The molecule has 3 N–H and O–H groups in total. The van der Waals surface area contributed by atoms with E-state index in [2.05, 4.69) is 41.3 Å². The van der Waals surface area contributed by atoms with Gasteiger partial charge < -0.3 is 10.4 Å². The van der Waals surface area contributed by atoms with Gasteiger partial charge in [-0.2, -0.15) is 0 Å². The molecule has 5 nitrogen and oxygen atoms in total. The van der Waals surface area contributed by atoms with Crippen molar-refractivity contribution in [2.75, 3.05) is 10.6 Å². The topological polar surface area (TPSA) is 74.2 Å². The van der Waals surface area contributed by atoms with Gasteiger partial charge in [-0.25, -0.2) is 9.78 Å². The number of urea groups is 1. The minimum absolute atomic E-state index is 0.352. The second-order valence-electron chi connectivity index (χ2n) is 5.33. The lowest BCUT2D eigenvalue weighted by atomic mass is 10.2. The van der Waals surface area contributed by atoms with Crippen LogP contribution in [0.3, 0.4) is 0 Å². The minimum atomic E-state index is -0.685. The Bertz CT molecular complexity index is 742. The largest absolute Gasteiger partial charge is 0.381 e. The number of hydrogen-bond acceptors (Lipinski definition) is 4. The average Bonchev–Trinajstić information content (AvgIpc) is 2.94. The van der Waals surface area contributed by atoms with E-state index >= 15 is 0 Å². The number of nitrogens with one attached hydrogen (secondary N) is 2. The summed E-state index contributed by atoms with van der Waals surface area (Å²) in [7, 11) is 0. The molecule has 120 valence electrons. The van der Waals surface area contributed by atoms with Gasteiger partial charge in [0.2, 0.25) is 0 Å². The highest BCUT2D eigenvalue weighted by molar-refractivity contribution is 7.15. The molecule has 6 heteroatoms. The molecule has 1 aromatic carbocycles. The first kappa shape index (κ1) is 17.0. The summed E-state index contributed by atoms with van der Waals surface area (Å²) in [5.41, 5.74) is 1.35. The number of aromatic nitrogens is 1. The molecular formula is C17H19N3O2S. The molecule has 0 radical (unpaired) electrons. The van der Waals surface area contributed by atoms with Gasteiger partial charge in [0.15, 0.2) is 5.13 Å². The van der Waals surface area contributed by atoms with E-state index in [1.807, 2.05) is 6.07 Å². The van der Waals surface area contributed by atoms with E-state index in [4.69, 9.17) is 0 Å². The monoisotopic (exact) mass is 329 g/mol. The number of anilines is 2.